The standard InChI is InChI=1S/C13H13BrClNO3/c1-13(12(18)19)5-2-6-16(13)11(17)8-3-4-10(15)9(14)7-8/h3-4,7H,2,5-6H2,1H3,(H,18,19). The van der Waals surface area contributed by atoms with Gasteiger partial charge in [0.15, 0.2) is 0 Å². The van der Waals surface area contributed by atoms with Crippen molar-refractivity contribution in [1.29, 1.82) is 0 Å². The van der Waals surface area contributed by atoms with Gasteiger partial charge in [-0.25, -0.2) is 4.79 Å². The Morgan fingerprint density at radius 1 is 1.47 bits per heavy atom. The van der Waals surface area contributed by atoms with E-state index in [4.69, 9.17) is 11.6 Å². The van der Waals surface area contributed by atoms with E-state index in [0.29, 0.717) is 34.4 Å². The van der Waals surface area contributed by atoms with E-state index in [9.17, 15) is 14.7 Å². The zero-order chi connectivity index (χ0) is 14.2. The Hall–Kier alpha value is -1.07. The van der Waals surface area contributed by atoms with E-state index in [2.05, 4.69) is 15.9 Å². The van der Waals surface area contributed by atoms with E-state index in [0.717, 1.165) is 0 Å². The van der Waals surface area contributed by atoms with Gasteiger partial charge in [0.05, 0.1) is 5.02 Å². The van der Waals surface area contributed by atoms with Gasteiger partial charge in [-0.15, -0.1) is 0 Å². The number of carboxylic acid groups (broad SMARTS) is 1. The molecule has 1 atom stereocenters. The molecule has 102 valence electrons. The number of rotatable bonds is 2. The van der Waals surface area contributed by atoms with Crippen LogP contribution in [0.15, 0.2) is 22.7 Å². The Bertz CT molecular complexity index is 549. The molecule has 1 N–H and O–H groups in total. The molecule has 0 aromatic heterocycles. The Morgan fingerprint density at radius 2 is 2.16 bits per heavy atom. The summed E-state index contributed by atoms with van der Waals surface area (Å²) in [5.74, 6) is -1.24. The maximum Gasteiger partial charge on any atom is 0.329 e. The third kappa shape index (κ3) is 2.49. The van der Waals surface area contributed by atoms with Gasteiger partial charge in [0.25, 0.3) is 5.91 Å². The van der Waals surface area contributed by atoms with E-state index >= 15 is 0 Å². The predicted octanol–water partition coefficient (Wildman–Crippen LogP) is 3.18. The van der Waals surface area contributed by atoms with Gasteiger partial charge in [-0.3, -0.25) is 4.79 Å². The molecule has 4 nitrogen and oxygen atoms in total. The molecule has 1 aromatic rings. The van der Waals surface area contributed by atoms with Crippen molar-refractivity contribution in [1.82, 2.24) is 4.90 Å². The van der Waals surface area contributed by atoms with Crippen molar-refractivity contribution in [3.05, 3.63) is 33.3 Å². The Labute approximate surface area is 124 Å². The maximum atomic E-state index is 12.4. The molecule has 1 fully saturated rings. The van der Waals surface area contributed by atoms with Gasteiger partial charge in [-0.2, -0.15) is 0 Å². The van der Waals surface area contributed by atoms with Crippen LogP contribution in [0.4, 0.5) is 0 Å². The summed E-state index contributed by atoms with van der Waals surface area (Å²) in [5.41, 5.74) is -0.686. The second-order valence-electron chi connectivity index (χ2n) is 4.77. The Morgan fingerprint density at radius 3 is 2.74 bits per heavy atom. The van der Waals surface area contributed by atoms with Gasteiger partial charge >= 0.3 is 5.97 Å². The molecule has 1 aliphatic heterocycles. The molecule has 6 heteroatoms. The van der Waals surface area contributed by atoms with E-state index in [-0.39, 0.29) is 5.91 Å². The van der Waals surface area contributed by atoms with Crippen LogP contribution < -0.4 is 0 Å². The molecule has 0 bridgehead atoms. The lowest BCUT2D eigenvalue weighted by atomic mass is 9.98. The second kappa shape index (κ2) is 5.13. The largest absolute Gasteiger partial charge is 0.480 e. The maximum absolute atomic E-state index is 12.4. The van der Waals surface area contributed by atoms with Crippen LogP contribution in [0.1, 0.15) is 30.1 Å². The first-order valence-electron chi connectivity index (χ1n) is 5.86. The number of carbonyl (C=O) groups excluding carboxylic acids is 1. The molecule has 0 saturated carbocycles. The minimum absolute atomic E-state index is 0.278. The van der Waals surface area contributed by atoms with Crippen LogP contribution >= 0.6 is 27.5 Å². The molecule has 1 aliphatic rings. The van der Waals surface area contributed by atoms with Crippen molar-refractivity contribution < 1.29 is 14.7 Å². The molecule has 0 spiro atoms. The summed E-state index contributed by atoms with van der Waals surface area (Å²) in [6.45, 7) is 2.05. The second-order valence-corrected chi connectivity index (χ2v) is 6.03. The average molecular weight is 347 g/mol. The average Bonchev–Trinajstić information content (AvgIpc) is 2.75. The summed E-state index contributed by atoms with van der Waals surface area (Å²) < 4.78 is 0.622. The third-order valence-electron chi connectivity index (χ3n) is 3.51. The molecular formula is C13H13BrClNO3. The van der Waals surface area contributed by atoms with Gasteiger partial charge in [-0.1, -0.05) is 11.6 Å². The molecular weight excluding hydrogens is 334 g/mol. The van der Waals surface area contributed by atoms with Crippen LogP contribution in [0.3, 0.4) is 0 Å². The van der Waals surface area contributed by atoms with Gasteiger partial charge in [0.2, 0.25) is 0 Å². The van der Waals surface area contributed by atoms with E-state index in [1.54, 1.807) is 25.1 Å². The fraction of sp³-hybridized carbons (Fsp3) is 0.385. The fourth-order valence-corrected chi connectivity index (χ4v) is 2.79. The minimum Gasteiger partial charge on any atom is -0.480 e. The highest BCUT2D eigenvalue weighted by molar-refractivity contribution is 9.10. The highest BCUT2D eigenvalue weighted by Crippen LogP contribution is 2.32. The van der Waals surface area contributed by atoms with Gasteiger partial charge in [-0.05, 0) is 53.9 Å². The van der Waals surface area contributed by atoms with Crippen LogP contribution in [0.25, 0.3) is 0 Å². The quantitative estimate of drug-likeness (QED) is 0.895. The third-order valence-corrected chi connectivity index (χ3v) is 4.73. The number of carboxylic acids is 1. The zero-order valence-electron chi connectivity index (χ0n) is 10.3. The molecule has 1 aromatic carbocycles. The first kappa shape index (κ1) is 14.3. The summed E-state index contributed by atoms with van der Waals surface area (Å²) in [6.07, 6.45) is 1.17. The summed E-state index contributed by atoms with van der Waals surface area (Å²) in [5, 5.41) is 9.83. The molecule has 19 heavy (non-hydrogen) atoms. The zero-order valence-corrected chi connectivity index (χ0v) is 12.7. The van der Waals surface area contributed by atoms with E-state index < -0.39 is 11.5 Å². The van der Waals surface area contributed by atoms with Crippen LogP contribution in [0, 0.1) is 0 Å². The Balaban J connectivity index is 2.33. The van der Waals surface area contributed by atoms with E-state index in [1.807, 2.05) is 0 Å². The number of benzene rings is 1. The van der Waals surface area contributed by atoms with Crippen molar-refractivity contribution in [2.45, 2.75) is 25.3 Å². The van der Waals surface area contributed by atoms with Gasteiger partial charge in [0.1, 0.15) is 5.54 Å². The highest BCUT2D eigenvalue weighted by atomic mass is 79.9. The number of carbonyl (C=O) groups is 2. The van der Waals surface area contributed by atoms with Crippen molar-refractivity contribution in [3.63, 3.8) is 0 Å². The van der Waals surface area contributed by atoms with Crippen LogP contribution in [-0.2, 0) is 4.79 Å². The SMILES string of the molecule is CC1(C(=O)O)CCCN1C(=O)c1ccc(Cl)c(Br)c1. The number of amides is 1. The monoisotopic (exact) mass is 345 g/mol. The molecule has 1 saturated heterocycles. The number of halogens is 2. The summed E-state index contributed by atoms with van der Waals surface area (Å²) in [7, 11) is 0. The van der Waals surface area contributed by atoms with Crippen LogP contribution in [-0.4, -0.2) is 34.0 Å². The van der Waals surface area contributed by atoms with Gasteiger partial charge < -0.3 is 10.0 Å². The highest BCUT2D eigenvalue weighted by Gasteiger charge is 2.46. The van der Waals surface area contributed by atoms with E-state index in [1.165, 1.54) is 4.90 Å². The number of nitrogens with zero attached hydrogens (tertiary/aromatic N) is 1. The predicted molar refractivity (Wildman–Crippen MR) is 75.5 cm³/mol. The summed E-state index contributed by atoms with van der Waals surface area (Å²) in [6, 6.07) is 4.84. The van der Waals surface area contributed by atoms with Crippen molar-refractivity contribution in [2.75, 3.05) is 6.54 Å². The van der Waals surface area contributed by atoms with Crippen molar-refractivity contribution >= 4 is 39.4 Å². The lowest BCUT2D eigenvalue weighted by Crippen LogP contribution is -2.50. The molecule has 1 amide bonds. The number of hydrogen-bond donors (Lipinski definition) is 1. The van der Waals surface area contributed by atoms with Gasteiger partial charge in [0, 0.05) is 16.6 Å². The smallest absolute Gasteiger partial charge is 0.329 e. The van der Waals surface area contributed by atoms with Crippen molar-refractivity contribution in [2.24, 2.45) is 0 Å². The fourth-order valence-electron chi connectivity index (χ4n) is 2.30. The molecule has 0 aliphatic carbocycles. The van der Waals surface area contributed by atoms with Crippen molar-refractivity contribution in [3.8, 4) is 0 Å². The number of likely N-dealkylation sites (tertiary alicyclic amines) is 1. The lowest BCUT2D eigenvalue weighted by molar-refractivity contribution is -0.147. The summed E-state index contributed by atoms with van der Waals surface area (Å²) >= 11 is 9.15. The first-order valence-corrected chi connectivity index (χ1v) is 7.04. The molecule has 1 unspecified atom stereocenters. The van der Waals surface area contributed by atoms with Crippen LogP contribution in [0.2, 0.25) is 5.02 Å². The molecule has 2 rings (SSSR count). The number of hydrogen-bond acceptors (Lipinski definition) is 2. The first-order chi connectivity index (χ1) is 8.86. The molecule has 0 radical (unpaired) electrons. The van der Waals surface area contributed by atoms with Crippen LogP contribution in [0.5, 0.6) is 0 Å². The number of aliphatic carboxylic acids is 1. The normalized spacial score (nSPS) is 22.6. The lowest BCUT2D eigenvalue weighted by Gasteiger charge is -2.31. The minimum atomic E-state index is -1.12. The Kier molecular flexibility index (Phi) is 3.87. The summed E-state index contributed by atoms with van der Waals surface area (Å²) in [4.78, 5) is 25.2. The molecule has 1 heterocycles. The topological polar surface area (TPSA) is 57.6 Å².